The molecule has 0 aromatic heterocycles. The highest BCUT2D eigenvalue weighted by molar-refractivity contribution is 7.79. The molecule has 5 heteroatoms. The minimum Gasteiger partial charge on any atom is -0.768 e. The van der Waals surface area contributed by atoms with E-state index >= 15 is 0 Å². The largest absolute Gasteiger partial charge is 0.768 e. The number of benzene rings is 1. The smallest absolute Gasteiger partial charge is 0.339 e. The second-order valence-corrected chi connectivity index (χ2v) is 3.13. The highest BCUT2D eigenvalue weighted by Gasteiger charge is 2.10. The van der Waals surface area contributed by atoms with Crippen molar-refractivity contribution in [1.29, 1.82) is 0 Å². The third kappa shape index (κ3) is 2.13. The lowest BCUT2D eigenvalue weighted by atomic mass is 10.2. The first-order chi connectivity index (χ1) is 6.16. The molecule has 0 aliphatic carbocycles. The summed E-state index contributed by atoms with van der Waals surface area (Å²) in [6, 6.07) is 5.85. The van der Waals surface area contributed by atoms with Crippen molar-refractivity contribution in [2.45, 2.75) is 4.90 Å². The Morgan fingerprint density at radius 1 is 1.46 bits per heavy atom. The van der Waals surface area contributed by atoms with Gasteiger partial charge in [0.05, 0.1) is 12.7 Å². The Labute approximate surface area is 77.8 Å². The van der Waals surface area contributed by atoms with Gasteiger partial charge < -0.3 is 9.29 Å². The van der Waals surface area contributed by atoms with Gasteiger partial charge in [0.15, 0.2) is 0 Å². The molecular formula is C8H7O4S-. The zero-order valence-electron chi connectivity index (χ0n) is 6.85. The number of esters is 1. The van der Waals surface area contributed by atoms with E-state index in [0.29, 0.717) is 0 Å². The molecular weight excluding hydrogens is 192 g/mol. The number of rotatable bonds is 2. The van der Waals surface area contributed by atoms with Gasteiger partial charge in [0, 0.05) is 4.90 Å². The number of carbonyl (C=O) groups excluding carboxylic acids is 1. The topological polar surface area (TPSA) is 66.4 Å². The van der Waals surface area contributed by atoms with Crippen LogP contribution in [0.3, 0.4) is 0 Å². The molecule has 0 fully saturated rings. The molecule has 4 nitrogen and oxygen atoms in total. The Bertz CT molecular complexity index is 348. The number of ether oxygens (including phenoxy) is 1. The van der Waals surface area contributed by atoms with Crippen LogP contribution in [0, 0.1) is 0 Å². The maximum absolute atomic E-state index is 11.0. The van der Waals surface area contributed by atoms with Crippen LogP contribution >= 0.6 is 0 Å². The van der Waals surface area contributed by atoms with Gasteiger partial charge >= 0.3 is 5.97 Å². The summed E-state index contributed by atoms with van der Waals surface area (Å²) >= 11 is -2.41. The highest BCUT2D eigenvalue weighted by atomic mass is 32.2. The monoisotopic (exact) mass is 199 g/mol. The van der Waals surface area contributed by atoms with Crippen molar-refractivity contribution in [3.63, 3.8) is 0 Å². The van der Waals surface area contributed by atoms with E-state index in [-0.39, 0.29) is 10.5 Å². The molecule has 0 spiro atoms. The van der Waals surface area contributed by atoms with Gasteiger partial charge in [0.25, 0.3) is 0 Å². The van der Waals surface area contributed by atoms with Gasteiger partial charge in [-0.1, -0.05) is 12.1 Å². The Balaban J connectivity index is 3.19. The van der Waals surface area contributed by atoms with Crippen molar-refractivity contribution in [3.8, 4) is 0 Å². The molecule has 0 heterocycles. The standard InChI is InChI=1S/C8H8O4S/c1-12-8(9)6-4-2-3-5-7(6)13(10)11/h2-5H,1H3,(H,10,11)/p-1. The van der Waals surface area contributed by atoms with Crippen LogP contribution in [0.5, 0.6) is 0 Å². The lowest BCUT2D eigenvalue weighted by Gasteiger charge is -2.09. The van der Waals surface area contributed by atoms with Crippen molar-refractivity contribution in [2.24, 2.45) is 0 Å². The first kappa shape index (κ1) is 9.88. The molecule has 0 amide bonds. The summed E-state index contributed by atoms with van der Waals surface area (Å²) in [5.41, 5.74) is 0.0540. The molecule has 0 N–H and O–H groups in total. The van der Waals surface area contributed by atoms with Crippen molar-refractivity contribution in [2.75, 3.05) is 7.11 Å². The second kappa shape index (κ2) is 4.15. The molecule has 0 aliphatic heterocycles. The zero-order chi connectivity index (χ0) is 9.84. The minimum atomic E-state index is -2.41. The van der Waals surface area contributed by atoms with Crippen LogP contribution in [0.25, 0.3) is 0 Å². The number of hydrogen-bond donors (Lipinski definition) is 0. The van der Waals surface area contributed by atoms with E-state index in [1.807, 2.05) is 0 Å². The third-order valence-corrected chi connectivity index (χ3v) is 2.19. The van der Waals surface area contributed by atoms with Crippen molar-refractivity contribution >= 4 is 17.0 Å². The van der Waals surface area contributed by atoms with Crippen LogP contribution in [0.1, 0.15) is 10.4 Å². The molecule has 0 radical (unpaired) electrons. The number of hydrogen-bond acceptors (Lipinski definition) is 4. The fourth-order valence-corrected chi connectivity index (χ4v) is 1.41. The molecule has 1 atom stereocenters. The molecule has 1 rings (SSSR count). The Morgan fingerprint density at radius 3 is 2.62 bits per heavy atom. The van der Waals surface area contributed by atoms with Gasteiger partial charge in [-0.25, -0.2) is 4.79 Å². The lowest BCUT2D eigenvalue weighted by Crippen LogP contribution is -2.06. The highest BCUT2D eigenvalue weighted by Crippen LogP contribution is 2.12. The van der Waals surface area contributed by atoms with E-state index in [9.17, 15) is 13.6 Å². The first-order valence-corrected chi connectivity index (χ1v) is 4.51. The average Bonchev–Trinajstić information content (AvgIpc) is 2.16. The van der Waals surface area contributed by atoms with Gasteiger partial charge in [-0.15, -0.1) is 0 Å². The summed E-state index contributed by atoms with van der Waals surface area (Å²) in [4.78, 5) is 11.0. The maximum atomic E-state index is 11.0. The Morgan fingerprint density at radius 2 is 2.08 bits per heavy atom. The molecule has 0 bridgehead atoms. The van der Waals surface area contributed by atoms with Gasteiger partial charge in [0.2, 0.25) is 0 Å². The van der Waals surface area contributed by atoms with Crippen LogP contribution in [-0.2, 0) is 15.8 Å². The summed E-state index contributed by atoms with van der Waals surface area (Å²) in [7, 11) is 1.20. The summed E-state index contributed by atoms with van der Waals surface area (Å²) in [6.45, 7) is 0. The molecule has 0 saturated carbocycles. The first-order valence-electron chi connectivity index (χ1n) is 3.43. The fourth-order valence-electron chi connectivity index (χ4n) is 0.891. The van der Waals surface area contributed by atoms with Gasteiger partial charge in [-0.2, -0.15) is 0 Å². The molecule has 1 aromatic rings. The van der Waals surface area contributed by atoms with E-state index in [1.165, 1.54) is 25.3 Å². The Kier molecular flexibility index (Phi) is 3.16. The normalized spacial score (nSPS) is 12.2. The maximum Gasteiger partial charge on any atom is 0.339 e. The SMILES string of the molecule is COC(=O)c1ccccc1S(=O)[O-]. The van der Waals surface area contributed by atoms with E-state index < -0.39 is 17.0 Å². The predicted molar refractivity (Wildman–Crippen MR) is 45.0 cm³/mol. The molecule has 1 aromatic carbocycles. The average molecular weight is 199 g/mol. The molecule has 0 aliphatic rings. The molecule has 0 saturated heterocycles. The van der Waals surface area contributed by atoms with Crippen LogP contribution in [0.2, 0.25) is 0 Å². The second-order valence-electron chi connectivity index (χ2n) is 2.22. The van der Waals surface area contributed by atoms with Crippen molar-refractivity contribution < 1.29 is 18.3 Å². The van der Waals surface area contributed by atoms with Gasteiger partial charge in [-0.3, -0.25) is 4.21 Å². The molecule has 13 heavy (non-hydrogen) atoms. The van der Waals surface area contributed by atoms with E-state index in [4.69, 9.17) is 0 Å². The third-order valence-electron chi connectivity index (χ3n) is 1.47. The van der Waals surface area contributed by atoms with Crippen LogP contribution < -0.4 is 0 Å². The lowest BCUT2D eigenvalue weighted by molar-refractivity contribution is 0.0596. The summed E-state index contributed by atoms with van der Waals surface area (Å²) < 4.78 is 25.7. The fraction of sp³-hybridized carbons (Fsp3) is 0.125. The van der Waals surface area contributed by atoms with Crippen LogP contribution in [-0.4, -0.2) is 21.8 Å². The van der Waals surface area contributed by atoms with Gasteiger partial charge in [0.1, 0.15) is 0 Å². The van der Waals surface area contributed by atoms with E-state index in [2.05, 4.69) is 4.74 Å². The molecule has 1 unspecified atom stereocenters. The van der Waals surface area contributed by atoms with E-state index in [0.717, 1.165) is 0 Å². The number of methoxy groups -OCH3 is 1. The quantitative estimate of drug-likeness (QED) is 0.519. The predicted octanol–water partition coefficient (Wildman–Crippen LogP) is 0.711. The molecule has 70 valence electrons. The Hall–Kier alpha value is -1.20. The van der Waals surface area contributed by atoms with Gasteiger partial charge in [-0.05, 0) is 23.2 Å². The summed E-state index contributed by atoms with van der Waals surface area (Å²) in [5.74, 6) is -0.653. The summed E-state index contributed by atoms with van der Waals surface area (Å²) in [6.07, 6.45) is 0. The van der Waals surface area contributed by atoms with Crippen LogP contribution in [0.4, 0.5) is 0 Å². The van der Waals surface area contributed by atoms with Crippen LogP contribution in [0.15, 0.2) is 29.2 Å². The number of carbonyl (C=O) groups is 1. The zero-order valence-corrected chi connectivity index (χ0v) is 7.67. The van der Waals surface area contributed by atoms with Crippen molar-refractivity contribution in [3.05, 3.63) is 29.8 Å². The minimum absolute atomic E-state index is 0.0469. The van der Waals surface area contributed by atoms with E-state index in [1.54, 1.807) is 6.07 Å². The van der Waals surface area contributed by atoms with Crippen molar-refractivity contribution in [1.82, 2.24) is 0 Å². The summed E-state index contributed by atoms with van der Waals surface area (Å²) in [5, 5.41) is 0.